The lowest BCUT2D eigenvalue weighted by Crippen LogP contribution is -2.16. The number of benzene rings is 2. The van der Waals surface area contributed by atoms with Gasteiger partial charge in [-0.2, -0.15) is 8.78 Å². The van der Waals surface area contributed by atoms with Crippen molar-refractivity contribution in [2.45, 2.75) is 6.61 Å². The summed E-state index contributed by atoms with van der Waals surface area (Å²) in [4.78, 5) is 12.3. The van der Waals surface area contributed by atoms with Gasteiger partial charge in [0.2, 0.25) is 11.6 Å². The molecule has 30 heavy (non-hydrogen) atoms. The summed E-state index contributed by atoms with van der Waals surface area (Å²) >= 11 is 0. The fourth-order valence-electron chi connectivity index (χ4n) is 2.71. The van der Waals surface area contributed by atoms with E-state index < -0.39 is 41.5 Å². The highest BCUT2D eigenvalue weighted by Gasteiger charge is 2.21. The van der Waals surface area contributed by atoms with Crippen molar-refractivity contribution in [3.63, 3.8) is 0 Å². The summed E-state index contributed by atoms with van der Waals surface area (Å²) in [6, 6.07) is 7.55. The van der Waals surface area contributed by atoms with Crippen LogP contribution in [-0.2, 0) is 6.61 Å². The molecule has 0 bridgehead atoms. The molecule has 2 aromatic carbocycles. The summed E-state index contributed by atoms with van der Waals surface area (Å²) in [6.45, 7) is 0.266. The van der Waals surface area contributed by atoms with E-state index >= 15 is 0 Å². The second-order valence-electron chi connectivity index (χ2n) is 6.16. The number of hydrogen-bond acceptors (Lipinski definition) is 5. The number of fused-ring (bicyclic) bond motifs is 1. The van der Waals surface area contributed by atoms with Gasteiger partial charge in [0.15, 0.2) is 34.6 Å². The van der Waals surface area contributed by atoms with Gasteiger partial charge in [-0.3, -0.25) is 4.79 Å². The lowest BCUT2D eigenvalue weighted by atomic mass is 10.2. The van der Waals surface area contributed by atoms with Crippen LogP contribution in [0.3, 0.4) is 0 Å². The third-order valence-corrected chi connectivity index (χ3v) is 4.12. The molecule has 156 valence electrons. The van der Waals surface area contributed by atoms with E-state index in [0.717, 1.165) is 0 Å². The highest BCUT2D eigenvalue weighted by Crippen LogP contribution is 2.33. The average molecular weight is 423 g/mol. The SMILES string of the molecule is O=C(Nc1ccc2c(c1)OCCO2)c1ccc(COc2c(F)c(F)cc(F)c2F)o1. The van der Waals surface area contributed by atoms with Crippen molar-refractivity contribution in [1.82, 2.24) is 0 Å². The van der Waals surface area contributed by atoms with Crippen molar-refractivity contribution in [1.29, 1.82) is 0 Å². The van der Waals surface area contributed by atoms with E-state index in [1.165, 1.54) is 12.1 Å². The number of rotatable bonds is 5. The molecule has 10 heteroatoms. The minimum atomic E-state index is -1.67. The maximum atomic E-state index is 13.6. The van der Waals surface area contributed by atoms with E-state index in [0.29, 0.717) is 30.4 Å². The zero-order valence-electron chi connectivity index (χ0n) is 15.1. The monoisotopic (exact) mass is 423 g/mol. The van der Waals surface area contributed by atoms with Crippen LogP contribution in [0.2, 0.25) is 0 Å². The zero-order chi connectivity index (χ0) is 21.3. The largest absolute Gasteiger partial charge is 0.486 e. The van der Waals surface area contributed by atoms with E-state index in [1.54, 1.807) is 18.2 Å². The number of amides is 1. The quantitative estimate of drug-likeness (QED) is 0.486. The van der Waals surface area contributed by atoms with Gasteiger partial charge in [-0.25, -0.2) is 8.78 Å². The van der Waals surface area contributed by atoms with Crippen molar-refractivity contribution >= 4 is 11.6 Å². The Morgan fingerprint density at radius 3 is 2.37 bits per heavy atom. The van der Waals surface area contributed by atoms with Gasteiger partial charge in [-0.05, 0) is 24.3 Å². The predicted octanol–water partition coefficient (Wildman–Crippen LogP) is 4.44. The van der Waals surface area contributed by atoms with Gasteiger partial charge in [0.1, 0.15) is 25.6 Å². The Morgan fingerprint density at radius 1 is 0.933 bits per heavy atom. The molecule has 0 saturated carbocycles. The van der Waals surface area contributed by atoms with Crippen LogP contribution in [0.15, 0.2) is 40.8 Å². The number of halogens is 4. The van der Waals surface area contributed by atoms with Gasteiger partial charge in [0.05, 0.1) is 0 Å². The number of nitrogens with one attached hydrogen (secondary N) is 1. The Labute approximate surface area is 167 Å². The standard InChI is InChI=1S/C20H13F4NO5/c21-12-8-13(22)18(24)19(17(12)23)29-9-11-2-4-15(30-11)20(26)25-10-1-3-14-16(7-10)28-6-5-27-14/h1-4,7-8H,5-6,9H2,(H,25,26). The van der Waals surface area contributed by atoms with E-state index in [9.17, 15) is 22.4 Å². The highest BCUT2D eigenvalue weighted by molar-refractivity contribution is 6.02. The molecule has 1 aromatic heterocycles. The van der Waals surface area contributed by atoms with Crippen molar-refractivity contribution in [2.75, 3.05) is 18.5 Å². The summed E-state index contributed by atoms with van der Waals surface area (Å²) in [5.41, 5.74) is 0.429. The first-order valence-electron chi connectivity index (χ1n) is 8.68. The molecule has 0 radical (unpaired) electrons. The molecule has 3 aromatic rings. The Balaban J connectivity index is 1.42. The second-order valence-corrected chi connectivity index (χ2v) is 6.16. The van der Waals surface area contributed by atoms with E-state index in [1.807, 2.05) is 0 Å². The maximum absolute atomic E-state index is 13.6. The lowest BCUT2D eigenvalue weighted by Gasteiger charge is -2.18. The molecule has 1 aliphatic heterocycles. The lowest BCUT2D eigenvalue weighted by molar-refractivity contribution is 0.0992. The van der Waals surface area contributed by atoms with Gasteiger partial charge in [0.25, 0.3) is 5.91 Å². The molecule has 1 N–H and O–H groups in total. The minimum Gasteiger partial charge on any atom is -0.486 e. The fourth-order valence-corrected chi connectivity index (χ4v) is 2.71. The summed E-state index contributed by atoms with van der Waals surface area (Å²) in [5, 5.41) is 2.60. The fraction of sp³-hybridized carbons (Fsp3) is 0.150. The van der Waals surface area contributed by atoms with Gasteiger partial charge in [0, 0.05) is 17.8 Å². The number of hydrogen-bond donors (Lipinski definition) is 1. The second kappa shape index (κ2) is 7.97. The molecule has 6 nitrogen and oxygen atoms in total. The Kier molecular flexibility index (Phi) is 5.21. The molecule has 1 aliphatic rings. The van der Waals surface area contributed by atoms with E-state index in [-0.39, 0.29) is 17.6 Å². The Morgan fingerprint density at radius 2 is 1.63 bits per heavy atom. The van der Waals surface area contributed by atoms with Crippen LogP contribution in [0.4, 0.5) is 23.2 Å². The summed E-state index contributed by atoms with van der Waals surface area (Å²) < 4.78 is 74.6. The van der Waals surface area contributed by atoms with Crippen LogP contribution >= 0.6 is 0 Å². The Hall–Kier alpha value is -3.69. The smallest absolute Gasteiger partial charge is 0.291 e. The first-order valence-corrected chi connectivity index (χ1v) is 8.68. The average Bonchev–Trinajstić information content (AvgIpc) is 3.21. The third-order valence-electron chi connectivity index (χ3n) is 4.12. The van der Waals surface area contributed by atoms with Crippen LogP contribution in [-0.4, -0.2) is 19.1 Å². The van der Waals surface area contributed by atoms with Gasteiger partial charge in [-0.1, -0.05) is 0 Å². The van der Waals surface area contributed by atoms with Crippen LogP contribution in [0.5, 0.6) is 17.2 Å². The number of carbonyl (C=O) groups excluding carboxylic acids is 1. The molecule has 0 atom stereocenters. The molecular formula is C20H13F4NO5. The number of carbonyl (C=O) groups is 1. The molecule has 0 saturated heterocycles. The van der Waals surface area contributed by atoms with Gasteiger partial charge in [-0.15, -0.1) is 0 Å². The van der Waals surface area contributed by atoms with Crippen molar-refractivity contribution in [3.8, 4) is 17.2 Å². The van der Waals surface area contributed by atoms with E-state index in [4.69, 9.17) is 18.6 Å². The van der Waals surface area contributed by atoms with Crippen LogP contribution in [0.25, 0.3) is 0 Å². The van der Waals surface area contributed by atoms with Crippen LogP contribution in [0, 0.1) is 23.3 Å². The topological polar surface area (TPSA) is 69.9 Å². The van der Waals surface area contributed by atoms with Crippen molar-refractivity contribution in [3.05, 3.63) is 71.2 Å². The molecule has 0 fully saturated rings. The first-order chi connectivity index (χ1) is 14.4. The van der Waals surface area contributed by atoms with Crippen LogP contribution < -0.4 is 19.5 Å². The minimum absolute atomic E-state index is 0.00536. The van der Waals surface area contributed by atoms with Gasteiger partial charge < -0.3 is 23.9 Å². The molecule has 0 aliphatic carbocycles. The molecule has 2 heterocycles. The molecule has 0 spiro atoms. The number of anilines is 1. The van der Waals surface area contributed by atoms with E-state index in [2.05, 4.69) is 5.32 Å². The Bertz CT molecular complexity index is 1090. The normalized spacial score (nSPS) is 12.5. The maximum Gasteiger partial charge on any atom is 0.291 e. The van der Waals surface area contributed by atoms with Crippen LogP contribution in [0.1, 0.15) is 16.3 Å². The van der Waals surface area contributed by atoms with Crippen molar-refractivity contribution in [2.24, 2.45) is 0 Å². The molecule has 1 amide bonds. The summed E-state index contributed by atoms with van der Waals surface area (Å²) in [6.07, 6.45) is 0. The predicted molar refractivity (Wildman–Crippen MR) is 94.7 cm³/mol. The van der Waals surface area contributed by atoms with Gasteiger partial charge >= 0.3 is 0 Å². The zero-order valence-corrected chi connectivity index (χ0v) is 15.1. The molecule has 4 rings (SSSR count). The highest BCUT2D eigenvalue weighted by atomic mass is 19.2. The number of furan rings is 1. The summed E-state index contributed by atoms with van der Waals surface area (Å²) in [5.74, 6) is -7.41. The first kappa shape index (κ1) is 19.6. The third kappa shape index (κ3) is 3.88. The number of ether oxygens (including phenoxy) is 3. The molecular weight excluding hydrogens is 410 g/mol. The van der Waals surface area contributed by atoms with Crippen molar-refractivity contribution < 1.29 is 41.0 Å². The summed E-state index contributed by atoms with van der Waals surface area (Å²) in [7, 11) is 0. The molecule has 0 unspecified atom stereocenters.